The molecule has 0 aromatic heterocycles. The third-order valence-corrected chi connectivity index (χ3v) is 3.00. The quantitative estimate of drug-likeness (QED) is 0.785. The lowest BCUT2D eigenvalue weighted by Crippen LogP contribution is -2.21. The van der Waals surface area contributed by atoms with Crippen LogP contribution in [0.15, 0.2) is 48.5 Å². The molecule has 3 nitrogen and oxygen atoms in total. The first kappa shape index (κ1) is 15.0. The van der Waals surface area contributed by atoms with E-state index in [-0.39, 0.29) is 12.4 Å². The molecule has 0 amide bonds. The van der Waals surface area contributed by atoms with Crippen molar-refractivity contribution < 1.29 is 18.7 Å². The fourth-order valence-electron chi connectivity index (χ4n) is 1.88. The number of carbonyl (C=O) groups is 1. The van der Waals surface area contributed by atoms with E-state index in [0.717, 1.165) is 0 Å². The van der Waals surface area contributed by atoms with Crippen LogP contribution in [0.2, 0.25) is 0 Å². The zero-order valence-electron chi connectivity index (χ0n) is 12.0. The van der Waals surface area contributed by atoms with E-state index < -0.39 is 12.1 Å². The SMILES string of the molecule is CCOC(=O)C(Oc1ccc(C)c(F)c1)c1ccccc1. The summed E-state index contributed by atoms with van der Waals surface area (Å²) in [5.41, 5.74) is 1.19. The zero-order chi connectivity index (χ0) is 15.2. The number of rotatable bonds is 5. The molecule has 0 spiro atoms. The van der Waals surface area contributed by atoms with Crippen molar-refractivity contribution in [2.24, 2.45) is 0 Å². The molecule has 0 fully saturated rings. The van der Waals surface area contributed by atoms with Crippen molar-refractivity contribution in [1.82, 2.24) is 0 Å². The Morgan fingerprint density at radius 2 is 1.90 bits per heavy atom. The highest BCUT2D eigenvalue weighted by atomic mass is 19.1. The van der Waals surface area contributed by atoms with Crippen molar-refractivity contribution in [3.05, 3.63) is 65.5 Å². The van der Waals surface area contributed by atoms with E-state index in [1.165, 1.54) is 6.07 Å². The monoisotopic (exact) mass is 288 g/mol. The molecule has 0 aliphatic rings. The number of aryl methyl sites for hydroxylation is 1. The third-order valence-electron chi connectivity index (χ3n) is 3.00. The average Bonchev–Trinajstić information content (AvgIpc) is 2.49. The highest BCUT2D eigenvalue weighted by Crippen LogP contribution is 2.25. The van der Waals surface area contributed by atoms with Gasteiger partial charge in [-0.05, 0) is 25.5 Å². The predicted octanol–water partition coefficient (Wildman–Crippen LogP) is 3.82. The Kier molecular flexibility index (Phi) is 4.93. The number of benzene rings is 2. The first-order valence-corrected chi connectivity index (χ1v) is 6.76. The van der Waals surface area contributed by atoms with Gasteiger partial charge in [-0.15, -0.1) is 0 Å². The van der Waals surface area contributed by atoms with Gasteiger partial charge in [0.15, 0.2) is 0 Å². The van der Waals surface area contributed by atoms with E-state index in [0.29, 0.717) is 16.9 Å². The number of carbonyl (C=O) groups excluding carboxylic acids is 1. The minimum absolute atomic E-state index is 0.258. The second-order valence-corrected chi connectivity index (χ2v) is 4.57. The number of esters is 1. The summed E-state index contributed by atoms with van der Waals surface area (Å²) in [6.45, 7) is 3.65. The lowest BCUT2D eigenvalue weighted by molar-refractivity contribution is -0.151. The zero-order valence-corrected chi connectivity index (χ0v) is 12.0. The van der Waals surface area contributed by atoms with E-state index in [4.69, 9.17) is 9.47 Å². The second-order valence-electron chi connectivity index (χ2n) is 4.57. The van der Waals surface area contributed by atoms with Crippen LogP contribution in [0.4, 0.5) is 4.39 Å². The molecule has 2 rings (SSSR count). The van der Waals surface area contributed by atoms with Crippen LogP contribution in [0.1, 0.15) is 24.2 Å². The summed E-state index contributed by atoms with van der Waals surface area (Å²) in [4.78, 5) is 12.1. The van der Waals surface area contributed by atoms with Gasteiger partial charge in [0.2, 0.25) is 6.10 Å². The summed E-state index contributed by atoms with van der Waals surface area (Å²) < 4.78 is 24.2. The minimum Gasteiger partial charge on any atom is -0.474 e. The van der Waals surface area contributed by atoms with Gasteiger partial charge >= 0.3 is 5.97 Å². The molecule has 110 valence electrons. The number of halogens is 1. The smallest absolute Gasteiger partial charge is 0.352 e. The maximum atomic E-state index is 13.6. The molecule has 2 aromatic rings. The maximum Gasteiger partial charge on any atom is 0.352 e. The van der Waals surface area contributed by atoms with Crippen LogP contribution in [0.25, 0.3) is 0 Å². The van der Waals surface area contributed by atoms with Crippen LogP contribution in [-0.2, 0) is 9.53 Å². The highest BCUT2D eigenvalue weighted by Gasteiger charge is 2.24. The highest BCUT2D eigenvalue weighted by molar-refractivity contribution is 5.77. The summed E-state index contributed by atoms with van der Waals surface area (Å²) in [5, 5.41) is 0. The van der Waals surface area contributed by atoms with E-state index >= 15 is 0 Å². The Morgan fingerprint density at radius 3 is 2.52 bits per heavy atom. The van der Waals surface area contributed by atoms with Gasteiger partial charge in [0.05, 0.1) is 6.61 Å². The Bertz CT molecular complexity index is 611. The molecule has 0 heterocycles. The van der Waals surface area contributed by atoms with E-state index in [9.17, 15) is 9.18 Å². The van der Waals surface area contributed by atoms with E-state index in [2.05, 4.69) is 0 Å². The Morgan fingerprint density at radius 1 is 1.19 bits per heavy atom. The molecule has 2 aromatic carbocycles. The number of hydrogen-bond acceptors (Lipinski definition) is 3. The van der Waals surface area contributed by atoms with E-state index in [1.807, 2.05) is 6.07 Å². The van der Waals surface area contributed by atoms with Crippen molar-refractivity contribution in [2.75, 3.05) is 6.61 Å². The molecule has 4 heteroatoms. The average molecular weight is 288 g/mol. The molecule has 0 aliphatic carbocycles. The summed E-state index contributed by atoms with van der Waals surface area (Å²) in [7, 11) is 0. The predicted molar refractivity (Wildman–Crippen MR) is 77.6 cm³/mol. The van der Waals surface area contributed by atoms with Crippen molar-refractivity contribution in [3.8, 4) is 5.75 Å². The summed E-state index contributed by atoms with van der Waals surface area (Å²) >= 11 is 0. The standard InChI is InChI=1S/C17H17FO3/c1-3-20-17(19)16(13-7-5-4-6-8-13)21-14-10-9-12(2)15(18)11-14/h4-11,16H,3H2,1-2H3. The van der Waals surface area contributed by atoms with Crippen molar-refractivity contribution in [2.45, 2.75) is 20.0 Å². The van der Waals surface area contributed by atoms with Crippen LogP contribution in [0.3, 0.4) is 0 Å². The molecule has 0 saturated heterocycles. The molecule has 21 heavy (non-hydrogen) atoms. The Labute approximate surface area is 123 Å². The van der Waals surface area contributed by atoms with Crippen molar-refractivity contribution in [3.63, 3.8) is 0 Å². The fraction of sp³-hybridized carbons (Fsp3) is 0.235. The topological polar surface area (TPSA) is 35.5 Å². The summed E-state index contributed by atoms with van der Waals surface area (Å²) in [6.07, 6.45) is -0.909. The van der Waals surface area contributed by atoms with Gasteiger partial charge in [0.25, 0.3) is 0 Å². The Balaban J connectivity index is 2.27. The maximum absolute atomic E-state index is 13.6. The van der Waals surface area contributed by atoms with Crippen LogP contribution in [0.5, 0.6) is 5.75 Å². The molecule has 0 bridgehead atoms. The number of hydrogen-bond donors (Lipinski definition) is 0. The second kappa shape index (κ2) is 6.88. The molecule has 0 N–H and O–H groups in total. The fourth-order valence-corrected chi connectivity index (χ4v) is 1.88. The lowest BCUT2D eigenvalue weighted by Gasteiger charge is -2.18. The van der Waals surface area contributed by atoms with Gasteiger partial charge in [-0.25, -0.2) is 9.18 Å². The van der Waals surface area contributed by atoms with Crippen molar-refractivity contribution in [1.29, 1.82) is 0 Å². The molecular formula is C17H17FO3. The van der Waals surface area contributed by atoms with Crippen LogP contribution in [-0.4, -0.2) is 12.6 Å². The third kappa shape index (κ3) is 3.81. The van der Waals surface area contributed by atoms with Crippen molar-refractivity contribution >= 4 is 5.97 Å². The summed E-state index contributed by atoms with van der Waals surface area (Å²) in [6, 6.07) is 13.5. The van der Waals surface area contributed by atoms with Gasteiger partial charge in [-0.3, -0.25) is 0 Å². The molecule has 0 saturated carbocycles. The largest absolute Gasteiger partial charge is 0.474 e. The van der Waals surface area contributed by atoms with Gasteiger partial charge in [-0.2, -0.15) is 0 Å². The molecule has 1 unspecified atom stereocenters. The molecule has 1 atom stereocenters. The van der Waals surface area contributed by atoms with Gasteiger partial charge in [-0.1, -0.05) is 36.4 Å². The molecule has 0 radical (unpaired) electrons. The normalized spacial score (nSPS) is 11.8. The Hall–Kier alpha value is -2.36. The number of ether oxygens (including phenoxy) is 2. The first-order chi connectivity index (χ1) is 10.1. The minimum atomic E-state index is -0.909. The summed E-state index contributed by atoms with van der Waals surface area (Å²) in [5.74, 6) is -0.576. The lowest BCUT2D eigenvalue weighted by atomic mass is 10.1. The molecular weight excluding hydrogens is 271 g/mol. The van der Waals surface area contributed by atoms with Crippen LogP contribution < -0.4 is 4.74 Å². The van der Waals surface area contributed by atoms with Gasteiger partial charge < -0.3 is 9.47 Å². The van der Waals surface area contributed by atoms with Gasteiger partial charge in [0.1, 0.15) is 11.6 Å². The first-order valence-electron chi connectivity index (χ1n) is 6.76. The van der Waals surface area contributed by atoms with Crippen LogP contribution >= 0.6 is 0 Å². The van der Waals surface area contributed by atoms with E-state index in [1.54, 1.807) is 50.2 Å². The van der Waals surface area contributed by atoms with Gasteiger partial charge in [0, 0.05) is 11.6 Å². The molecule has 0 aliphatic heterocycles. The van der Waals surface area contributed by atoms with Crippen LogP contribution in [0, 0.1) is 12.7 Å².